The fourth-order valence-electron chi connectivity index (χ4n) is 3.51. The molecular weight excluding hydrogens is 370 g/mol. The summed E-state index contributed by atoms with van der Waals surface area (Å²) in [4.78, 5) is 11.4. The number of hydrogen-bond acceptors (Lipinski definition) is 5. The van der Waals surface area contributed by atoms with Crippen molar-refractivity contribution >= 4 is 39.0 Å². The fourth-order valence-corrected chi connectivity index (χ4v) is 4.48. The van der Waals surface area contributed by atoms with E-state index in [0.29, 0.717) is 19.5 Å². The van der Waals surface area contributed by atoms with Gasteiger partial charge in [-0.05, 0) is 61.1 Å². The molecule has 0 aliphatic carbocycles. The van der Waals surface area contributed by atoms with Gasteiger partial charge in [0.2, 0.25) is 0 Å². The van der Waals surface area contributed by atoms with E-state index in [1.165, 1.54) is 32.7 Å². The third-order valence-corrected chi connectivity index (χ3v) is 5.72. The number of aromatic nitrogens is 1. The van der Waals surface area contributed by atoms with Crippen LogP contribution in [0.4, 0.5) is 11.4 Å². The second kappa shape index (κ2) is 9.06. The molecule has 28 heavy (non-hydrogen) atoms. The molecule has 0 aliphatic rings. The van der Waals surface area contributed by atoms with Crippen molar-refractivity contribution in [2.75, 3.05) is 17.2 Å². The number of nitrogens with one attached hydrogen (secondary N) is 2. The van der Waals surface area contributed by atoms with Crippen molar-refractivity contribution < 1.29 is 9.90 Å². The summed E-state index contributed by atoms with van der Waals surface area (Å²) in [7, 11) is 0. The lowest BCUT2D eigenvalue weighted by Crippen LogP contribution is -2.23. The SMILES string of the molecule is CCCC(CNc1ccccc1NCc1nsc2cc(C)cc(C)c12)C(=O)O. The van der Waals surface area contributed by atoms with Crippen molar-refractivity contribution in [3.63, 3.8) is 0 Å². The molecule has 1 aromatic heterocycles. The number of benzene rings is 2. The molecule has 3 N–H and O–H groups in total. The summed E-state index contributed by atoms with van der Waals surface area (Å²) >= 11 is 1.53. The first-order chi connectivity index (χ1) is 13.5. The van der Waals surface area contributed by atoms with E-state index < -0.39 is 5.97 Å². The third-order valence-electron chi connectivity index (χ3n) is 4.89. The van der Waals surface area contributed by atoms with Crippen molar-refractivity contribution in [3.05, 3.63) is 53.2 Å². The maximum Gasteiger partial charge on any atom is 0.308 e. The molecule has 0 aliphatic heterocycles. The van der Waals surface area contributed by atoms with Crippen LogP contribution >= 0.6 is 11.5 Å². The lowest BCUT2D eigenvalue weighted by atomic mass is 10.0. The Morgan fingerprint density at radius 3 is 2.57 bits per heavy atom. The molecule has 1 unspecified atom stereocenters. The van der Waals surface area contributed by atoms with Crippen molar-refractivity contribution in [3.8, 4) is 0 Å². The summed E-state index contributed by atoms with van der Waals surface area (Å²) in [5, 5.41) is 17.4. The van der Waals surface area contributed by atoms with Crippen molar-refractivity contribution in [2.45, 2.75) is 40.2 Å². The first kappa shape index (κ1) is 20.1. The van der Waals surface area contributed by atoms with E-state index in [9.17, 15) is 9.90 Å². The Labute approximate surface area is 170 Å². The van der Waals surface area contributed by atoms with Gasteiger partial charge in [-0.3, -0.25) is 4.79 Å². The minimum Gasteiger partial charge on any atom is -0.481 e. The number of aliphatic carboxylic acids is 1. The molecule has 0 saturated carbocycles. The Hall–Kier alpha value is -2.60. The topological polar surface area (TPSA) is 74.2 Å². The van der Waals surface area contributed by atoms with Gasteiger partial charge in [0.15, 0.2) is 0 Å². The maximum absolute atomic E-state index is 11.4. The summed E-state index contributed by atoms with van der Waals surface area (Å²) < 4.78 is 5.86. The first-order valence-corrected chi connectivity index (χ1v) is 10.4. The number of carboxylic acids is 1. The summed E-state index contributed by atoms with van der Waals surface area (Å²) in [5.74, 6) is -1.13. The maximum atomic E-state index is 11.4. The molecule has 3 rings (SSSR count). The molecule has 0 spiro atoms. The molecule has 2 aromatic carbocycles. The van der Waals surface area contributed by atoms with Crippen LogP contribution in [0.5, 0.6) is 0 Å². The van der Waals surface area contributed by atoms with Crippen molar-refractivity contribution in [1.82, 2.24) is 4.37 Å². The summed E-state index contributed by atoms with van der Waals surface area (Å²) in [6.07, 6.45) is 1.52. The zero-order valence-electron chi connectivity index (χ0n) is 16.6. The van der Waals surface area contributed by atoms with Crippen LogP contribution < -0.4 is 10.6 Å². The lowest BCUT2D eigenvalue weighted by Gasteiger charge is -2.17. The summed E-state index contributed by atoms with van der Waals surface area (Å²) in [6.45, 7) is 7.28. The molecule has 0 radical (unpaired) electrons. The molecule has 0 fully saturated rings. The average Bonchev–Trinajstić information content (AvgIpc) is 3.07. The monoisotopic (exact) mass is 397 g/mol. The Kier molecular flexibility index (Phi) is 6.52. The van der Waals surface area contributed by atoms with Crippen LogP contribution in [0.3, 0.4) is 0 Å². The van der Waals surface area contributed by atoms with Crippen molar-refractivity contribution in [2.24, 2.45) is 5.92 Å². The summed E-state index contributed by atoms with van der Waals surface area (Å²) in [6, 6.07) is 12.3. The number of rotatable bonds is 9. The van der Waals surface area contributed by atoms with Gasteiger partial charge < -0.3 is 15.7 Å². The molecule has 0 amide bonds. The first-order valence-electron chi connectivity index (χ1n) is 9.64. The van der Waals surface area contributed by atoms with E-state index in [1.54, 1.807) is 0 Å². The number of carbonyl (C=O) groups is 1. The van der Waals surface area contributed by atoms with Crippen LogP contribution in [0.2, 0.25) is 0 Å². The van der Waals surface area contributed by atoms with E-state index in [0.717, 1.165) is 23.5 Å². The highest BCUT2D eigenvalue weighted by molar-refractivity contribution is 7.13. The molecule has 5 nitrogen and oxygen atoms in total. The van der Waals surface area contributed by atoms with E-state index >= 15 is 0 Å². The smallest absolute Gasteiger partial charge is 0.308 e. The number of aryl methyl sites for hydroxylation is 2. The van der Waals surface area contributed by atoms with E-state index in [-0.39, 0.29) is 5.92 Å². The van der Waals surface area contributed by atoms with E-state index in [1.807, 2.05) is 31.2 Å². The molecule has 0 bridgehead atoms. The zero-order valence-corrected chi connectivity index (χ0v) is 17.4. The minimum atomic E-state index is -0.750. The third kappa shape index (κ3) is 4.62. The number of fused-ring (bicyclic) bond motifs is 1. The Morgan fingerprint density at radius 1 is 1.18 bits per heavy atom. The van der Waals surface area contributed by atoms with Crippen LogP contribution in [0, 0.1) is 19.8 Å². The predicted octanol–water partition coefficient (Wildman–Crippen LogP) is 5.44. The highest BCUT2D eigenvalue weighted by atomic mass is 32.1. The molecule has 1 heterocycles. The average molecular weight is 398 g/mol. The Morgan fingerprint density at radius 2 is 1.89 bits per heavy atom. The highest BCUT2D eigenvalue weighted by Gasteiger charge is 2.16. The number of carboxylic acid groups (broad SMARTS) is 1. The van der Waals surface area contributed by atoms with Gasteiger partial charge in [0.25, 0.3) is 0 Å². The standard InChI is InChI=1S/C22H27N3O2S/c1-4-7-16(22(26)27)12-23-17-8-5-6-9-18(17)24-13-19-21-15(3)10-14(2)11-20(21)28-25-19/h5-6,8-11,16,23-24H,4,7,12-13H2,1-3H3,(H,26,27). The lowest BCUT2D eigenvalue weighted by molar-refractivity contribution is -0.141. The molecule has 1 atom stereocenters. The van der Waals surface area contributed by atoms with E-state index in [4.69, 9.17) is 0 Å². The second-order valence-electron chi connectivity index (χ2n) is 7.19. The highest BCUT2D eigenvalue weighted by Crippen LogP contribution is 2.29. The second-order valence-corrected chi connectivity index (χ2v) is 7.99. The van der Waals surface area contributed by atoms with Crippen LogP contribution in [-0.2, 0) is 11.3 Å². The van der Waals surface area contributed by atoms with E-state index in [2.05, 4.69) is 41.0 Å². The predicted molar refractivity (Wildman–Crippen MR) is 117 cm³/mol. The van der Waals surface area contributed by atoms with Gasteiger partial charge in [-0.25, -0.2) is 0 Å². The molecular formula is C22H27N3O2S. The van der Waals surface area contributed by atoms with Crippen LogP contribution in [0.1, 0.15) is 36.6 Å². The van der Waals surface area contributed by atoms with Gasteiger partial charge in [0.05, 0.1) is 34.2 Å². The number of nitrogens with zero attached hydrogens (tertiary/aromatic N) is 1. The van der Waals surface area contributed by atoms with Crippen molar-refractivity contribution in [1.29, 1.82) is 0 Å². The summed E-state index contributed by atoms with van der Waals surface area (Å²) in [5.41, 5.74) is 5.41. The van der Waals surface area contributed by atoms with Crippen LogP contribution in [0.15, 0.2) is 36.4 Å². The Bertz CT molecular complexity index is 968. The van der Waals surface area contributed by atoms with Gasteiger partial charge in [0.1, 0.15) is 0 Å². The number of hydrogen-bond donors (Lipinski definition) is 3. The minimum absolute atomic E-state index is 0.383. The van der Waals surface area contributed by atoms with Gasteiger partial charge >= 0.3 is 5.97 Å². The van der Waals surface area contributed by atoms with Gasteiger partial charge in [-0.2, -0.15) is 4.37 Å². The number of para-hydroxylation sites is 2. The Balaban J connectivity index is 1.73. The molecule has 148 valence electrons. The molecule has 0 saturated heterocycles. The molecule has 6 heteroatoms. The van der Waals surface area contributed by atoms with Crippen LogP contribution in [0.25, 0.3) is 10.1 Å². The van der Waals surface area contributed by atoms with Gasteiger partial charge in [-0.1, -0.05) is 31.5 Å². The zero-order chi connectivity index (χ0) is 20.1. The van der Waals surface area contributed by atoms with Crippen LogP contribution in [-0.4, -0.2) is 22.0 Å². The normalized spacial score (nSPS) is 12.1. The quantitative estimate of drug-likeness (QED) is 0.448. The van der Waals surface area contributed by atoms with Gasteiger partial charge in [-0.15, -0.1) is 0 Å². The fraction of sp³-hybridized carbons (Fsp3) is 0.364. The number of anilines is 2. The van der Waals surface area contributed by atoms with Gasteiger partial charge in [0, 0.05) is 11.9 Å². The largest absolute Gasteiger partial charge is 0.481 e. The molecule has 3 aromatic rings.